The maximum absolute atomic E-state index is 8.85. The first-order valence-corrected chi connectivity index (χ1v) is 5.94. The van der Waals surface area contributed by atoms with Crippen LogP contribution in [0.3, 0.4) is 0 Å². The van der Waals surface area contributed by atoms with E-state index in [0.717, 1.165) is 17.9 Å². The van der Waals surface area contributed by atoms with E-state index in [1.165, 1.54) is 0 Å². The fourth-order valence-electron chi connectivity index (χ4n) is 1.65. The third-order valence-corrected chi connectivity index (χ3v) is 2.72. The van der Waals surface area contributed by atoms with Gasteiger partial charge in [0.2, 0.25) is 0 Å². The van der Waals surface area contributed by atoms with Crippen molar-refractivity contribution in [1.82, 2.24) is 4.98 Å². The zero-order chi connectivity index (χ0) is 12.8. The van der Waals surface area contributed by atoms with E-state index in [-0.39, 0.29) is 12.0 Å². The van der Waals surface area contributed by atoms with Gasteiger partial charge in [0.05, 0.1) is 12.0 Å². The fourth-order valence-corrected chi connectivity index (χ4v) is 1.65. The number of nitriles is 1. The minimum absolute atomic E-state index is 0.00356. The molecule has 1 rings (SSSR count). The lowest BCUT2D eigenvalue weighted by molar-refractivity contribution is 0.678. The highest BCUT2D eigenvalue weighted by Gasteiger charge is 2.11. The Bertz CT molecular complexity index is 395. The molecule has 0 radical (unpaired) electrons. The Morgan fingerprint density at radius 3 is 2.76 bits per heavy atom. The van der Waals surface area contributed by atoms with Gasteiger partial charge in [-0.1, -0.05) is 0 Å². The third kappa shape index (κ3) is 3.72. The predicted octanol–water partition coefficient (Wildman–Crippen LogP) is 2.09. The van der Waals surface area contributed by atoms with Crippen LogP contribution in [0.15, 0.2) is 18.3 Å². The molecule has 2 N–H and O–H groups in total. The van der Waals surface area contributed by atoms with Crippen molar-refractivity contribution in [2.24, 2.45) is 11.7 Å². The van der Waals surface area contributed by atoms with Crippen molar-refractivity contribution >= 4 is 5.82 Å². The molecule has 4 heteroatoms. The van der Waals surface area contributed by atoms with Crippen LogP contribution in [-0.4, -0.2) is 18.1 Å². The molecule has 2 atom stereocenters. The smallest absolute Gasteiger partial charge is 0.128 e. The summed E-state index contributed by atoms with van der Waals surface area (Å²) in [4.78, 5) is 6.44. The van der Waals surface area contributed by atoms with Crippen LogP contribution in [0.5, 0.6) is 0 Å². The summed E-state index contributed by atoms with van der Waals surface area (Å²) in [7, 11) is 0. The molecule has 17 heavy (non-hydrogen) atoms. The molecule has 0 bridgehead atoms. The van der Waals surface area contributed by atoms with Crippen LogP contribution >= 0.6 is 0 Å². The van der Waals surface area contributed by atoms with Gasteiger partial charge in [-0.2, -0.15) is 5.26 Å². The van der Waals surface area contributed by atoms with Crippen molar-refractivity contribution in [3.63, 3.8) is 0 Å². The summed E-state index contributed by atoms with van der Waals surface area (Å²) in [6, 6.07) is 6.17. The van der Waals surface area contributed by atoms with Crippen LogP contribution in [0.2, 0.25) is 0 Å². The second-order valence-electron chi connectivity index (χ2n) is 4.30. The quantitative estimate of drug-likeness (QED) is 0.844. The Balaban J connectivity index is 2.88. The molecular weight excluding hydrogens is 212 g/mol. The summed E-state index contributed by atoms with van der Waals surface area (Å²) >= 11 is 0. The number of rotatable bonds is 5. The van der Waals surface area contributed by atoms with Crippen LogP contribution in [0.1, 0.15) is 32.4 Å². The van der Waals surface area contributed by atoms with Gasteiger partial charge in [0.15, 0.2) is 0 Å². The second kappa shape index (κ2) is 6.21. The van der Waals surface area contributed by atoms with E-state index in [4.69, 9.17) is 11.0 Å². The molecule has 1 aromatic heterocycles. The van der Waals surface area contributed by atoms with Crippen molar-refractivity contribution in [3.8, 4) is 6.07 Å². The Kier molecular flexibility index (Phi) is 4.92. The number of hydrogen-bond donors (Lipinski definition) is 1. The lowest BCUT2D eigenvalue weighted by Gasteiger charge is -2.23. The van der Waals surface area contributed by atoms with E-state index < -0.39 is 0 Å². The second-order valence-corrected chi connectivity index (χ2v) is 4.30. The summed E-state index contributed by atoms with van der Waals surface area (Å²) in [6.07, 6.45) is 1.77. The highest BCUT2D eigenvalue weighted by Crippen LogP contribution is 2.17. The van der Waals surface area contributed by atoms with E-state index >= 15 is 0 Å². The molecule has 0 aliphatic carbocycles. The summed E-state index contributed by atoms with van der Waals surface area (Å²) in [6.45, 7) is 7.46. The molecule has 92 valence electrons. The van der Waals surface area contributed by atoms with E-state index in [9.17, 15) is 0 Å². The first-order chi connectivity index (χ1) is 8.08. The zero-order valence-electron chi connectivity index (χ0n) is 10.7. The molecule has 0 aliphatic rings. The van der Waals surface area contributed by atoms with Crippen LogP contribution < -0.4 is 10.6 Å². The number of hydrogen-bond acceptors (Lipinski definition) is 4. The number of nitrogens with zero attached hydrogens (tertiary/aromatic N) is 3. The van der Waals surface area contributed by atoms with Crippen molar-refractivity contribution in [2.75, 3.05) is 18.0 Å². The maximum atomic E-state index is 8.85. The molecule has 1 aromatic rings. The van der Waals surface area contributed by atoms with Gasteiger partial charge in [-0.25, -0.2) is 4.98 Å². The average Bonchev–Trinajstić information content (AvgIpc) is 2.35. The zero-order valence-corrected chi connectivity index (χ0v) is 10.7. The first-order valence-electron chi connectivity index (χ1n) is 5.94. The van der Waals surface area contributed by atoms with Gasteiger partial charge in [-0.3, -0.25) is 0 Å². The highest BCUT2D eigenvalue weighted by atomic mass is 15.2. The Hall–Kier alpha value is -1.60. The van der Waals surface area contributed by atoms with Crippen LogP contribution in [0.25, 0.3) is 0 Å². The first kappa shape index (κ1) is 13.5. The molecule has 0 spiro atoms. The minimum Gasteiger partial charge on any atom is -0.356 e. The number of anilines is 1. The summed E-state index contributed by atoms with van der Waals surface area (Å²) in [5, 5.41) is 8.85. The van der Waals surface area contributed by atoms with Gasteiger partial charge in [0, 0.05) is 25.3 Å². The number of nitrogens with two attached hydrogens (primary N) is 1. The van der Waals surface area contributed by atoms with Gasteiger partial charge in [0.25, 0.3) is 0 Å². The van der Waals surface area contributed by atoms with E-state index in [1.54, 1.807) is 6.20 Å². The van der Waals surface area contributed by atoms with Crippen LogP contribution in [0, 0.1) is 17.2 Å². The van der Waals surface area contributed by atoms with Gasteiger partial charge in [-0.15, -0.1) is 0 Å². The average molecular weight is 232 g/mol. The molecule has 0 saturated carbocycles. The molecule has 4 nitrogen and oxygen atoms in total. The van der Waals surface area contributed by atoms with Crippen LogP contribution in [-0.2, 0) is 0 Å². The number of aromatic nitrogens is 1. The van der Waals surface area contributed by atoms with E-state index in [1.807, 2.05) is 26.0 Å². The van der Waals surface area contributed by atoms with Gasteiger partial charge < -0.3 is 10.6 Å². The normalized spacial score (nSPS) is 13.8. The third-order valence-electron chi connectivity index (χ3n) is 2.72. The van der Waals surface area contributed by atoms with Crippen molar-refractivity contribution in [2.45, 2.75) is 26.8 Å². The largest absolute Gasteiger partial charge is 0.356 e. The summed E-state index contributed by atoms with van der Waals surface area (Å²) in [5.74, 6) is 0.889. The lowest BCUT2D eigenvalue weighted by atomic mass is 10.1. The molecule has 0 fully saturated rings. The Morgan fingerprint density at radius 1 is 1.53 bits per heavy atom. The standard InChI is InChI=1S/C13H20N4/c1-4-17(9-10(2)8-14)13-7-12(11(3)15)5-6-16-13/h5-7,10-11H,4,9,15H2,1-3H3/t10?,11-/m0/s1. The van der Waals surface area contributed by atoms with Crippen LogP contribution in [0.4, 0.5) is 5.82 Å². The minimum atomic E-state index is -0.00398. The van der Waals surface area contributed by atoms with Gasteiger partial charge in [-0.05, 0) is 38.5 Å². The Morgan fingerprint density at radius 2 is 2.24 bits per heavy atom. The molecular formula is C13H20N4. The Labute approximate surface area is 103 Å². The van der Waals surface area contributed by atoms with Crippen molar-refractivity contribution < 1.29 is 0 Å². The highest BCUT2D eigenvalue weighted by molar-refractivity contribution is 5.41. The van der Waals surface area contributed by atoms with Crippen molar-refractivity contribution in [3.05, 3.63) is 23.9 Å². The number of pyridine rings is 1. The summed E-state index contributed by atoms with van der Waals surface area (Å²) in [5.41, 5.74) is 6.92. The molecule has 1 heterocycles. The molecule has 0 aromatic carbocycles. The topological polar surface area (TPSA) is 65.9 Å². The molecule has 0 saturated heterocycles. The van der Waals surface area contributed by atoms with Gasteiger partial charge >= 0.3 is 0 Å². The van der Waals surface area contributed by atoms with Crippen molar-refractivity contribution in [1.29, 1.82) is 5.26 Å². The fraction of sp³-hybridized carbons (Fsp3) is 0.538. The van der Waals surface area contributed by atoms with E-state index in [0.29, 0.717) is 6.54 Å². The predicted molar refractivity (Wildman–Crippen MR) is 69.5 cm³/mol. The summed E-state index contributed by atoms with van der Waals surface area (Å²) < 4.78 is 0. The van der Waals surface area contributed by atoms with Gasteiger partial charge in [0.1, 0.15) is 5.82 Å². The molecule has 1 unspecified atom stereocenters. The molecule has 0 aliphatic heterocycles. The van der Waals surface area contributed by atoms with E-state index in [2.05, 4.69) is 22.9 Å². The maximum Gasteiger partial charge on any atom is 0.128 e. The monoisotopic (exact) mass is 232 g/mol. The SMILES string of the molecule is CCN(CC(C)C#N)c1cc([C@H](C)N)ccn1. The lowest BCUT2D eigenvalue weighted by Crippen LogP contribution is -2.28. The molecule has 0 amide bonds.